The fourth-order valence-corrected chi connectivity index (χ4v) is 4.83. The van der Waals surface area contributed by atoms with Crippen LogP contribution >= 0.6 is 11.8 Å². The first-order chi connectivity index (χ1) is 15.4. The molecule has 1 atom stereocenters. The summed E-state index contributed by atoms with van der Waals surface area (Å²) in [6.07, 6.45) is 5.48. The molecular weight excluding hydrogens is 423 g/mol. The first-order valence-electron chi connectivity index (χ1n) is 11.4. The third-order valence-electron chi connectivity index (χ3n) is 6.00. The second-order valence-electron chi connectivity index (χ2n) is 8.65. The molecule has 1 saturated carbocycles. The van der Waals surface area contributed by atoms with Crippen molar-refractivity contribution in [3.8, 4) is 0 Å². The highest BCUT2D eigenvalue weighted by molar-refractivity contribution is 7.99. The lowest BCUT2D eigenvalue weighted by molar-refractivity contribution is -0.139. The molecular formula is C26H33FN2O2S. The number of nitrogens with zero attached hydrogens (tertiary/aromatic N) is 1. The Kier molecular flexibility index (Phi) is 9.15. The minimum absolute atomic E-state index is 0.0854. The average Bonchev–Trinajstić information content (AvgIpc) is 2.80. The predicted octanol–water partition coefficient (Wildman–Crippen LogP) is 5.23. The number of thioether (sulfide) groups is 1. The monoisotopic (exact) mass is 456 g/mol. The summed E-state index contributed by atoms with van der Waals surface area (Å²) in [6.45, 7) is 4.11. The Morgan fingerprint density at radius 1 is 1.03 bits per heavy atom. The molecule has 6 heteroatoms. The van der Waals surface area contributed by atoms with Gasteiger partial charge in [-0.1, -0.05) is 61.2 Å². The number of hydrogen-bond donors (Lipinski definition) is 1. The maximum Gasteiger partial charge on any atom is 0.242 e. The second kappa shape index (κ2) is 12.0. The van der Waals surface area contributed by atoms with Crippen LogP contribution in [0.1, 0.15) is 55.7 Å². The number of halogens is 1. The van der Waals surface area contributed by atoms with E-state index in [4.69, 9.17) is 0 Å². The number of carbonyl (C=O) groups excluding carboxylic acids is 2. The maximum atomic E-state index is 13.3. The van der Waals surface area contributed by atoms with Gasteiger partial charge in [-0.3, -0.25) is 9.59 Å². The third kappa shape index (κ3) is 7.37. The van der Waals surface area contributed by atoms with Crippen LogP contribution in [0, 0.1) is 12.7 Å². The van der Waals surface area contributed by atoms with Crippen molar-refractivity contribution in [1.29, 1.82) is 0 Å². The molecule has 0 aliphatic heterocycles. The lowest BCUT2D eigenvalue weighted by atomic mass is 9.95. The normalized spacial score (nSPS) is 15.2. The molecule has 0 heterocycles. The summed E-state index contributed by atoms with van der Waals surface area (Å²) >= 11 is 1.54. The van der Waals surface area contributed by atoms with Crippen molar-refractivity contribution in [3.63, 3.8) is 0 Å². The molecule has 3 rings (SSSR count). The van der Waals surface area contributed by atoms with Crippen LogP contribution in [0.2, 0.25) is 0 Å². The van der Waals surface area contributed by atoms with Gasteiger partial charge in [-0.25, -0.2) is 4.39 Å². The SMILES string of the molecule is Cc1ccc(CSCC(=O)N(Cc2ccc(F)cc2)[C@@H](C)C(=O)NC2CCCCC2)cc1. The highest BCUT2D eigenvalue weighted by Crippen LogP contribution is 2.19. The van der Waals surface area contributed by atoms with Crippen LogP contribution in [0.15, 0.2) is 48.5 Å². The summed E-state index contributed by atoms with van der Waals surface area (Å²) in [5, 5.41) is 3.14. The molecule has 2 aromatic rings. The Labute approximate surface area is 195 Å². The number of hydrogen-bond acceptors (Lipinski definition) is 3. The molecule has 1 aliphatic rings. The molecule has 32 heavy (non-hydrogen) atoms. The van der Waals surface area contributed by atoms with Crippen molar-refractivity contribution in [1.82, 2.24) is 10.2 Å². The van der Waals surface area contributed by atoms with E-state index in [9.17, 15) is 14.0 Å². The number of amides is 2. The van der Waals surface area contributed by atoms with E-state index in [0.717, 1.165) is 37.0 Å². The van der Waals surface area contributed by atoms with E-state index in [0.29, 0.717) is 0 Å². The molecule has 4 nitrogen and oxygen atoms in total. The lowest BCUT2D eigenvalue weighted by Crippen LogP contribution is -2.50. The molecule has 0 radical (unpaired) electrons. The Balaban J connectivity index is 1.64. The first-order valence-corrected chi connectivity index (χ1v) is 12.6. The van der Waals surface area contributed by atoms with Crippen LogP contribution in [0.25, 0.3) is 0 Å². The van der Waals surface area contributed by atoms with Gasteiger partial charge in [-0.05, 0) is 49.9 Å². The van der Waals surface area contributed by atoms with E-state index in [2.05, 4.69) is 29.6 Å². The van der Waals surface area contributed by atoms with Gasteiger partial charge in [-0.15, -0.1) is 11.8 Å². The zero-order chi connectivity index (χ0) is 22.9. The summed E-state index contributed by atoms with van der Waals surface area (Å²) in [5.74, 6) is 0.506. The van der Waals surface area contributed by atoms with Crippen molar-refractivity contribution in [3.05, 3.63) is 71.0 Å². The molecule has 172 valence electrons. The molecule has 0 spiro atoms. The van der Waals surface area contributed by atoms with E-state index >= 15 is 0 Å². The van der Waals surface area contributed by atoms with Gasteiger partial charge in [0.25, 0.3) is 0 Å². The van der Waals surface area contributed by atoms with E-state index in [-0.39, 0.29) is 36.0 Å². The Morgan fingerprint density at radius 3 is 2.31 bits per heavy atom. The van der Waals surface area contributed by atoms with E-state index in [1.165, 1.54) is 29.7 Å². The highest BCUT2D eigenvalue weighted by Gasteiger charge is 2.28. The molecule has 2 amide bonds. The number of carbonyl (C=O) groups is 2. The first kappa shape index (κ1) is 24.3. The van der Waals surface area contributed by atoms with Crippen molar-refractivity contribution >= 4 is 23.6 Å². The highest BCUT2D eigenvalue weighted by atomic mass is 32.2. The van der Waals surface area contributed by atoms with Gasteiger partial charge in [0.05, 0.1) is 5.75 Å². The van der Waals surface area contributed by atoms with E-state index in [1.54, 1.807) is 35.7 Å². The summed E-state index contributed by atoms with van der Waals surface area (Å²) in [7, 11) is 0. The van der Waals surface area contributed by atoms with Gasteiger partial charge >= 0.3 is 0 Å². The van der Waals surface area contributed by atoms with Gasteiger partial charge in [0.1, 0.15) is 11.9 Å². The summed E-state index contributed by atoms with van der Waals surface area (Å²) in [4.78, 5) is 27.7. The smallest absolute Gasteiger partial charge is 0.242 e. The number of aryl methyl sites for hydroxylation is 1. The standard InChI is InChI=1S/C26H33FN2O2S/c1-19-8-10-22(11-9-19)17-32-18-25(30)29(16-21-12-14-23(27)15-13-21)20(2)26(31)28-24-6-4-3-5-7-24/h8-15,20,24H,3-7,16-18H2,1-2H3,(H,28,31)/t20-/m0/s1. The fourth-order valence-electron chi connectivity index (χ4n) is 3.96. The molecule has 0 unspecified atom stereocenters. The zero-order valence-electron chi connectivity index (χ0n) is 19.0. The molecule has 1 aliphatic carbocycles. The minimum atomic E-state index is -0.588. The van der Waals surface area contributed by atoms with Crippen molar-refractivity contribution in [2.24, 2.45) is 0 Å². The summed E-state index contributed by atoms with van der Waals surface area (Å²) in [5.41, 5.74) is 3.18. The molecule has 1 N–H and O–H groups in total. The largest absolute Gasteiger partial charge is 0.352 e. The lowest BCUT2D eigenvalue weighted by Gasteiger charge is -2.31. The van der Waals surface area contributed by atoms with Crippen molar-refractivity contribution in [2.75, 3.05) is 5.75 Å². The van der Waals surface area contributed by atoms with Crippen LogP contribution in [0.3, 0.4) is 0 Å². The second-order valence-corrected chi connectivity index (χ2v) is 9.63. The van der Waals surface area contributed by atoms with Gasteiger partial charge in [-0.2, -0.15) is 0 Å². The third-order valence-corrected chi connectivity index (χ3v) is 6.99. The van der Waals surface area contributed by atoms with E-state index < -0.39 is 6.04 Å². The minimum Gasteiger partial charge on any atom is -0.352 e. The van der Waals surface area contributed by atoms with Crippen molar-refractivity contribution in [2.45, 2.75) is 70.3 Å². The predicted molar refractivity (Wildman–Crippen MR) is 129 cm³/mol. The van der Waals surface area contributed by atoms with Crippen LogP contribution < -0.4 is 5.32 Å². The number of rotatable bonds is 9. The summed E-state index contributed by atoms with van der Waals surface area (Å²) in [6, 6.07) is 14.0. The van der Waals surface area contributed by atoms with Crippen LogP contribution in [-0.2, 0) is 21.9 Å². The van der Waals surface area contributed by atoms with Crippen LogP contribution in [0.4, 0.5) is 4.39 Å². The van der Waals surface area contributed by atoms with Gasteiger partial charge < -0.3 is 10.2 Å². The van der Waals surface area contributed by atoms with Gasteiger partial charge in [0.2, 0.25) is 11.8 Å². The number of nitrogens with one attached hydrogen (secondary N) is 1. The Hall–Kier alpha value is -2.34. The van der Waals surface area contributed by atoms with Gasteiger partial charge in [0.15, 0.2) is 0 Å². The van der Waals surface area contributed by atoms with Crippen LogP contribution in [-0.4, -0.2) is 34.6 Å². The molecule has 2 aromatic carbocycles. The molecule has 0 aromatic heterocycles. The summed E-state index contributed by atoms with van der Waals surface area (Å²) < 4.78 is 13.3. The number of benzene rings is 2. The molecule has 0 saturated heterocycles. The quantitative estimate of drug-likeness (QED) is 0.562. The zero-order valence-corrected chi connectivity index (χ0v) is 19.8. The Bertz CT molecular complexity index is 880. The molecule has 0 bridgehead atoms. The topological polar surface area (TPSA) is 49.4 Å². The average molecular weight is 457 g/mol. The maximum absolute atomic E-state index is 13.3. The Morgan fingerprint density at radius 2 is 1.66 bits per heavy atom. The molecule has 1 fully saturated rings. The van der Waals surface area contributed by atoms with Gasteiger partial charge in [0, 0.05) is 18.3 Å². The van der Waals surface area contributed by atoms with Crippen LogP contribution in [0.5, 0.6) is 0 Å². The van der Waals surface area contributed by atoms with E-state index in [1.807, 2.05) is 6.92 Å². The van der Waals surface area contributed by atoms with Crippen molar-refractivity contribution < 1.29 is 14.0 Å². The fraction of sp³-hybridized carbons (Fsp3) is 0.462.